The van der Waals surface area contributed by atoms with Crippen LogP contribution in [0.5, 0.6) is 0 Å². The number of esters is 1. The van der Waals surface area contributed by atoms with E-state index in [9.17, 15) is 9.59 Å². The predicted molar refractivity (Wildman–Crippen MR) is 105 cm³/mol. The smallest absolute Gasteiger partial charge is 0.338 e. The first kappa shape index (κ1) is 19.4. The van der Waals surface area contributed by atoms with E-state index in [0.29, 0.717) is 29.9 Å². The lowest BCUT2D eigenvalue weighted by Crippen LogP contribution is -2.50. The number of ether oxygens (including phenoxy) is 1. The first-order valence-electron chi connectivity index (χ1n) is 9.80. The summed E-state index contributed by atoms with van der Waals surface area (Å²) < 4.78 is 6.44. The average molecular weight is 422 g/mol. The highest BCUT2D eigenvalue weighted by Gasteiger charge is 2.44. The summed E-state index contributed by atoms with van der Waals surface area (Å²) in [5, 5.41) is 3.06. The van der Waals surface area contributed by atoms with Gasteiger partial charge in [0.25, 0.3) is 0 Å². The SMILES string of the molecule is CCC[C@@H]1CC[C@H](CCOC(=O)c2ccc(Br)cc2)[C@H]2CCNC(=O)[C@H]12. The molecular weight excluding hydrogens is 394 g/mol. The van der Waals surface area contributed by atoms with Gasteiger partial charge in [0, 0.05) is 16.9 Å². The zero-order valence-electron chi connectivity index (χ0n) is 15.4. The molecular formula is C21H28BrNO3. The van der Waals surface area contributed by atoms with E-state index in [-0.39, 0.29) is 17.8 Å². The van der Waals surface area contributed by atoms with Gasteiger partial charge in [-0.1, -0.05) is 29.3 Å². The Bertz CT molecular complexity index is 631. The van der Waals surface area contributed by atoms with Crippen LogP contribution in [0.2, 0.25) is 0 Å². The van der Waals surface area contributed by atoms with E-state index in [0.717, 1.165) is 49.5 Å². The van der Waals surface area contributed by atoms with Crippen LogP contribution in [0.15, 0.2) is 28.7 Å². The monoisotopic (exact) mass is 421 g/mol. The molecule has 0 spiro atoms. The van der Waals surface area contributed by atoms with Gasteiger partial charge in [0.15, 0.2) is 0 Å². The Morgan fingerprint density at radius 2 is 1.88 bits per heavy atom. The molecule has 1 heterocycles. The molecule has 0 bridgehead atoms. The molecule has 1 saturated carbocycles. The highest BCUT2D eigenvalue weighted by molar-refractivity contribution is 9.10. The van der Waals surface area contributed by atoms with E-state index < -0.39 is 0 Å². The van der Waals surface area contributed by atoms with Gasteiger partial charge in [-0.15, -0.1) is 0 Å². The lowest BCUT2D eigenvalue weighted by Gasteiger charge is -2.45. The number of nitrogens with one attached hydrogen (secondary N) is 1. The number of benzene rings is 1. The van der Waals surface area contributed by atoms with Crippen molar-refractivity contribution in [3.05, 3.63) is 34.3 Å². The van der Waals surface area contributed by atoms with Gasteiger partial charge in [-0.2, -0.15) is 0 Å². The average Bonchev–Trinajstić information content (AvgIpc) is 2.64. The van der Waals surface area contributed by atoms with Crippen molar-refractivity contribution in [3.63, 3.8) is 0 Å². The third-order valence-corrected chi connectivity index (χ3v) is 6.55. The van der Waals surface area contributed by atoms with Gasteiger partial charge < -0.3 is 10.1 Å². The van der Waals surface area contributed by atoms with E-state index >= 15 is 0 Å². The van der Waals surface area contributed by atoms with Crippen molar-refractivity contribution in [2.24, 2.45) is 23.7 Å². The molecule has 4 nitrogen and oxygen atoms in total. The zero-order chi connectivity index (χ0) is 18.5. The molecule has 0 unspecified atom stereocenters. The lowest BCUT2D eigenvalue weighted by atomic mass is 9.62. The van der Waals surface area contributed by atoms with Crippen LogP contribution >= 0.6 is 15.9 Å². The Morgan fingerprint density at radius 3 is 2.62 bits per heavy atom. The summed E-state index contributed by atoms with van der Waals surface area (Å²) in [6, 6.07) is 7.22. The van der Waals surface area contributed by atoms with Gasteiger partial charge in [-0.05, 0) is 74.1 Å². The quantitative estimate of drug-likeness (QED) is 0.684. The summed E-state index contributed by atoms with van der Waals surface area (Å²) in [7, 11) is 0. The van der Waals surface area contributed by atoms with Crippen LogP contribution in [0.3, 0.4) is 0 Å². The van der Waals surface area contributed by atoms with Crippen LogP contribution in [0.25, 0.3) is 0 Å². The molecule has 1 amide bonds. The minimum Gasteiger partial charge on any atom is -0.462 e. The number of hydrogen-bond acceptors (Lipinski definition) is 3. The van der Waals surface area contributed by atoms with E-state index in [2.05, 4.69) is 28.2 Å². The van der Waals surface area contributed by atoms with Crippen LogP contribution in [0, 0.1) is 23.7 Å². The highest BCUT2D eigenvalue weighted by Crippen LogP contribution is 2.45. The third kappa shape index (κ3) is 4.48. The van der Waals surface area contributed by atoms with E-state index in [4.69, 9.17) is 4.74 Å². The molecule has 1 N–H and O–H groups in total. The van der Waals surface area contributed by atoms with Gasteiger partial charge in [0.1, 0.15) is 0 Å². The minimum atomic E-state index is -0.268. The summed E-state index contributed by atoms with van der Waals surface area (Å²) in [5.74, 6) is 1.58. The molecule has 5 heteroatoms. The van der Waals surface area contributed by atoms with Crippen LogP contribution in [0.4, 0.5) is 0 Å². The maximum absolute atomic E-state index is 12.5. The van der Waals surface area contributed by atoms with Crippen LogP contribution in [0.1, 0.15) is 55.8 Å². The van der Waals surface area contributed by atoms with Crippen molar-refractivity contribution >= 4 is 27.8 Å². The number of halogens is 1. The number of hydrogen-bond donors (Lipinski definition) is 1. The molecule has 2 aliphatic rings. The number of carbonyl (C=O) groups is 2. The topological polar surface area (TPSA) is 55.4 Å². The summed E-state index contributed by atoms with van der Waals surface area (Å²) >= 11 is 3.37. The number of amides is 1. The normalized spacial score (nSPS) is 28.2. The van der Waals surface area contributed by atoms with Crippen molar-refractivity contribution < 1.29 is 14.3 Å². The van der Waals surface area contributed by atoms with Gasteiger partial charge in [0.2, 0.25) is 5.91 Å². The second-order valence-corrected chi connectivity index (χ2v) is 8.50. The molecule has 0 radical (unpaired) electrons. The zero-order valence-corrected chi connectivity index (χ0v) is 17.0. The lowest BCUT2D eigenvalue weighted by molar-refractivity contribution is -0.135. The molecule has 1 saturated heterocycles. The summed E-state index contributed by atoms with van der Waals surface area (Å²) in [6.45, 7) is 3.42. The van der Waals surface area contributed by atoms with Crippen molar-refractivity contribution in [1.29, 1.82) is 0 Å². The molecule has 0 aromatic heterocycles. The Labute approximate surface area is 164 Å². The maximum atomic E-state index is 12.5. The third-order valence-electron chi connectivity index (χ3n) is 6.02. The van der Waals surface area contributed by atoms with Crippen LogP contribution in [-0.2, 0) is 9.53 Å². The fourth-order valence-corrected chi connectivity index (χ4v) is 5.06. The Morgan fingerprint density at radius 1 is 1.15 bits per heavy atom. The Hall–Kier alpha value is -1.36. The second kappa shape index (κ2) is 9.03. The van der Waals surface area contributed by atoms with Gasteiger partial charge in [0.05, 0.1) is 12.2 Å². The molecule has 4 atom stereocenters. The maximum Gasteiger partial charge on any atom is 0.338 e. The van der Waals surface area contributed by atoms with Crippen molar-refractivity contribution in [2.75, 3.05) is 13.2 Å². The second-order valence-electron chi connectivity index (χ2n) is 7.59. The van der Waals surface area contributed by atoms with Crippen molar-refractivity contribution in [3.8, 4) is 0 Å². The molecule has 1 aliphatic carbocycles. The molecule has 26 heavy (non-hydrogen) atoms. The fraction of sp³-hybridized carbons (Fsp3) is 0.619. The van der Waals surface area contributed by atoms with Crippen molar-refractivity contribution in [2.45, 2.75) is 45.4 Å². The fourth-order valence-electron chi connectivity index (χ4n) is 4.79. The molecule has 142 valence electrons. The Kier molecular flexibility index (Phi) is 6.74. The van der Waals surface area contributed by atoms with Crippen molar-refractivity contribution in [1.82, 2.24) is 5.32 Å². The standard InChI is InChI=1S/C21H28BrNO3/c1-2-3-15-5-4-14(18-10-12-23-20(24)19(15)18)11-13-26-21(25)16-6-8-17(22)9-7-16/h6-9,14-15,18-19H,2-5,10-13H2,1H3,(H,23,24)/t14-,15-,18-,19-/m1/s1. The summed E-state index contributed by atoms with van der Waals surface area (Å²) in [4.78, 5) is 24.6. The van der Waals surface area contributed by atoms with Gasteiger partial charge in [-0.3, -0.25) is 4.79 Å². The van der Waals surface area contributed by atoms with E-state index in [1.165, 1.54) is 0 Å². The molecule has 1 aromatic carbocycles. The minimum absolute atomic E-state index is 0.157. The summed E-state index contributed by atoms with van der Waals surface area (Å²) in [5.41, 5.74) is 0.578. The van der Waals surface area contributed by atoms with Crippen LogP contribution < -0.4 is 5.32 Å². The van der Waals surface area contributed by atoms with Crippen LogP contribution in [-0.4, -0.2) is 25.0 Å². The summed E-state index contributed by atoms with van der Waals surface area (Å²) in [6.07, 6.45) is 6.46. The number of piperidine rings is 1. The molecule has 3 rings (SSSR count). The molecule has 2 fully saturated rings. The Balaban J connectivity index is 1.55. The van der Waals surface area contributed by atoms with E-state index in [1.807, 2.05) is 12.1 Å². The first-order valence-corrected chi connectivity index (χ1v) is 10.6. The van der Waals surface area contributed by atoms with E-state index in [1.54, 1.807) is 12.1 Å². The van der Waals surface area contributed by atoms with Gasteiger partial charge in [-0.25, -0.2) is 4.79 Å². The predicted octanol–water partition coefficient (Wildman–Crippen LogP) is 4.57. The first-order chi connectivity index (χ1) is 12.6. The number of fused-ring (bicyclic) bond motifs is 1. The van der Waals surface area contributed by atoms with Gasteiger partial charge >= 0.3 is 5.97 Å². The number of rotatable bonds is 6. The number of carbonyl (C=O) groups excluding carboxylic acids is 2. The molecule has 1 aromatic rings. The molecule has 1 aliphatic heterocycles. The highest BCUT2D eigenvalue weighted by atomic mass is 79.9. The largest absolute Gasteiger partial charge is 0.462 e.